The highest BCUT2D eigenvalue weighted by atomic mass is 79.9. The van der Waals surface area contributed by atoms with Crippen LogP contribution in [-0.2, 0) is 0 Å². The van der Waals surface area contributed by atoms with E-state index in [1.807, 2.05) is 26.0 Å². The van der Waals surface area contributed by atoms with Crippen molar-refractivity contribution in [3.63, 3.8) is 0 Å². The van der Waals surface area contributed by atoms with Crippen molar-refractivity contribution in [2.75, 3.05) is 0 Å². The number of hydrogen-bond donors (Lipinski definition) is 1. The minimum Gasteiger partial charge on any atom is -0.361 e. The molecule has 0 aliphatic rings. The van der Waals surface area contributed by atoms with Crippen LogP contribution in [0.1, 0.15) is 21.7 Å². The molecule has 88 valence electrons. The van der Waals surface area contributed by atoms with Crippen LogP contribution >= 0.6 is 27.5 Å². The molecule has 0 atom stereocenters. The van der Waals surface area contributed by atoms with E-state index in [1.165, 1.54) is 0 Å². The van der Waals surface area contributed by atoms with E-state index < -0.39 is 0 Å². The van der Waals surface area contributed by atoms with Crippen LogP contribution in [0.3, 0.4) is 0 Å². The Labute approximate surface area is 113 Å². The lowest BCUT2D eigenvalue weighted by atomic mass is 10.0. The topological polar surface area (TPSA) is 32.9 Å². The number of aryl methyl sites for hydroxylation is 2. The number of H-pyrrole nitrogens is 1. The van der Waals surface area contributed by atoms with Crippen molar-refractivity contribution < 1.29 is 4.79 Å². The predicted molar refractivity (Wildman–Crippen MR) is 73.8 cm³/mol. The fraction of sp³-hybridized carbons (Fsp3) is 0.154. The number of aromatic nitrogens is 1. The Balaban J connectivity index is 2.73. The molecule has 0 aliphatic heterocycles. The van der Waals surface area contributed by atoms with Gasteiger partial charge in [0.15, 0.2) is 6.29 Å². The third kappa shape index (κ3) is 2.05. The van der Waals surface area contributed by atoms with Gasteiger partial charge in [-0.3, -0.25) is 4.79 Å². The Bertz CT molecular complexity index is 589. The molecule has 4 heteroatoms. The summed E-state index contributed by atoms with van der Waals surface area (Å²) in [5.74, 6) is 0. The maximum Gasteiger partial charge on any atom is 0.151 e. The number of halogens is 2. The SMILES string of the molecule is Cc1[nH]c(C)c(-c2cccc(C=O)c2Cl)c1Br. The van der Waals surface area contributed by atoms with Crippen LogP contribution in [0.2, 0.25) is 5.02 Å². The van der Waals surface area contributed by atoms with E-state index in [2.05, 4.69) is 20.9 Å². The monoisotopic (exact) mass is 311 g/mol. The second kappa shape index (κ2) is 4.67. The van der Waals surface area contributed by atoms with Crippen LogP contribution in [0.15, 0.2) is 22.7 Å². The molecule has 1 N–H and O–H groups in total. The lowest BCUT2D eigenvalue weighted by Crippen LogP contribution is -1.87. The van der Waals surface area contributed by atoms with Gasteiger partial charge in [0.25, 0.3) is 0 Å². The molecule has 0 fully saturated rings. The Morgan fingerprint density at radius 3 is 2.53 bits per heavy atom. The zero-order chi connectivity index (χ0) is 12.6. The quantitative estimate of drug-likeness (QED) is 0.812. The van der Waals surface area contributed by atoms with E-state index in [1.54, 1.807) is 6.07 Å². The van der Waals surface area contributed by atoms with Gasteiger partial charge in [0.05, 0.1) is 5.02 Å². The van der Waals surface area contributed by atoms with Gasteiger partial charge in [0.1, 0.15) is 0 Å². The first-order chi connectivity index (χ1) is 8.06. The van der Waals surface area contributed by atoms with E-state index in [4.69, 9.17) is 11.6 Å². The van der Waals surface area contributed by atoms with Crippen molar-refractivity contribution in [1.29, 1.82) is 0 Å². The van der Waals surface area contributed by atoms with Gasteiger partial charge in [0.2, 0.25) is 0 Å². The van der Waals surface area contributed by atoms with Crippen molar-refractivity contribution in [3.05, 3.63) is 44.6 Å². The zero-order valence-corrected chi connectivity index (χ0v) is 11.8. The van der Waals surface area contributed by atoms with Crippen LogP contribution in [0.5, 0.6) is 0 Å². The van der Waals surface area contributed by atoms with Gasteiger partial charge in [-0.15, -0.1) is 0 Å². The molecule has 0 bridgehead atoms. The van der Waals surface area contributed by atoms with Gasteiger partial charge >= 0.3 is 0 Å². The van der Waals surface area contributed by atoms with Crippen LogP contribution in [0.4, 0.5) is 0 Å². The third-order valence-corrected chi connectivity index (χ3v) is 4.14. The average Bonchev–Trinajstić information content (AvgIpc) is 2.54. The van der Waals surface area contributed by atoms with Crippen molar-refractivity contribution in [3.8, 4) is 11.1 Å². The van der Waals surface area contributed by atoms with E-state index in [0.717, 1.165) is 33.3 Å². The molecule has 2 rings (SSSR count). The van der Waals surface area contributed by atoms with E-state index >= 15 is 0 Å². The molecule has 1 heterocycles. The van der Waals surface area contributed by atoms with Crippen molar-refractivity contribution >= 4 is 33.8 Å². The summed E-state index contributed by atoms with van der Waals surface area (Å²) in [4.78, 5) is 14.1. The molecule has 2 aromatic rings. The lowest BCUT2D eigenvalue weighted by Gasteiger charge is -2.06. The molecule has 1 aromatic heterocycles. The minimum atomic E-state index is 0.491. The van der Waals surface area contributed by atoms with E-state index in [9.17, 15) is 4.79 Å². The smallest absolute Gasteiger partial charge is 0.151 e. The highest BCUT2D eigenvalue weighted by molar-refractivity contribution is 9.10. The molecule has 1 aromatic carbocycles. The van der Waals surface area contributed by atoms with Crippen molar-refractivity contribution in [2.24, 2.45) is 0 Å². The maximum absolute atomic E-state index is 10.9. The van der Waals surface area contributed by atoms with Crippen molar-refractivity contribution in [2.45, 2.75) is 13.8 Å². The number of aldehydes is 1. The maximum atomic E-state index is 10.9. The molecule has 0 unspecified atom stereocenters. The predicted octanol–water partition coefficient (Wildman–Crippen LogP) is 4.53. The van der Waals surface area contributed by atoms with E-state index in [0.29, 0.717) is 10.6 Å². The first kappa shape index (κ1) is 12.4. The number of aromatic amines is 1. The number of hydrogen-bond acceptors (Lipinski definition) is 1. The number of carbonyl (C=O) groups excluding carboxylic acids is 1. The molecule has 0 saturated carbocycles. The first-order valence-electron chi connectivity index (χ1n) is 5.15. The molecule has 0 aliphatic carbocycles. The Morgan fingerprint density at radius 2 is 2.00 bits per heavy atom. The molecular weight excluding hydrogens is 302 g/mol. The summed E-state index contributed by atoms with van der Waals surface area (Å²) in [6.07, 6.45) is 0.772. The fourth-order valence-corrected chi connectivity index (χ4v) is 2.78. The molecule has 17 heavy (non-hydrogen) atoms. The minimum absolute atomic E-state index is 0.491. The highest BCUT2D eigenvalue weighted by Crippen LogP contribution is 2.38. The van der Waals surface area contributed by atoms with Gasteiger partial charge in [0, 0.05) is 32.6 Å². The summed E-state index contributed by atoms with van der Waals surface area (Å²) in [7, 11) is 0. The zero-order valence-electron chi connectivity index (χ0n) is 9.47. The molecular formula is C13H11BrClNO. The Hall–Kier alpha value is -1.06. The fourth-order valence-electron chi connectivity index (χ4n) is 1.90. The normalized spacial score (nSPS) is 10.6. The lowest BCUT2D eigenvalue weighted by molar-refractivity contribution is 0.112. The van der Waals surface area contributed by atoms with E-state index in [-0.39, 0.29) is 0 Å². The number of carbonyl (C=O) groups is 1. The molecule has 2 nitrogen and oxygen atoms in total. The summed E-state index contributed by atoms with van der Waals surface area (Å²) in [6.45, 7) is 3.97. The number of nitrogens with one attached hydrogen (secondary N) is 1. The number of rotatable bonds is 2. The third-order valence-electron chi connectivity index (χ3n) is 2.72. The molecule has 0 saturated heterocycles. The van der Waals surface area contributed by atoms with Crippen molar-refractivity contribution in [1.82, 2.24) is 4.98 Å². The second-order valence-corrected chi connectivity index (χ2v) is 5.06. The first-order valence-corrected chi connectivity index (χ1v) is 6.32. The van der Waals surface area contributed by atoms with Gasteiger partial charge < -0.3 is 4.98 Å². The van der Waals surface area contributed by atoms with Gasteiger partial charge in [-0.2, -0.15) is 0 Å². The van der Waals surface area contributed by atoms with Gasteiger partial charge in [-0.05, 0) is 29.8 Å². The summed E-state index contributed by atoms with van der Waals surface area (Å²) in [5.41, 5.74) is 4.46. The highest BCUT2D eigenvalue weighted by Gasteiger charge is 2.16. The Morgan fingerprint density at radius 1 is 1.29 bits per heavy atom. The van der Waals surface area contributed by atoms with Crippen LogP contribution in [0, 0.1) is 13.8 Å². The molecule has 0 amide bonds. The Kier molecular flexibility index (Phi) is 3.40. The second-order valence-electron chi connectivity index (χ2n) is 3.89. The largest absolute Gasteiger partial charge is 0.361 e. The summed E-state index contributed by atoms with van der Waals surface area (Å²) in [6, 6.07) is 5.45. The average molecular weight is 313 g/mol. The van der Waals surface area contributed by atoms with Crippen LogP contribution < -0.4 is 0 Å². The van der Waals surface area contributed by atoms with Crippen LogP contribution in [-0.4, -0.2) is 11.3 Å². The standard InChI is InChI=1S/C13H11BrClNO/c1-7-11(12(14)8(2)16-7)10-5-3-4-9(6-17)13(10)15/h3-6,16H,1-2H3. The summed E-state index contributed by atoms with van der Waals surface area (Å²) >= 11 is 9.77. The molecule has 0 spiro atoms. The summed E-state index contributed by atoms with van der Waals surface area (Å²) < 4.78 is 0.986. The van der Waals surface area contributed by atoms with Crippen LogP contribution in [0.25, 0.3) is 11.1 Å². The molecule has 0 radical (unpaired) electrons. The number of benzene rings is 1. The summed E-state index contributed by atoms with van der Waals surface area (Å²) in [5, 5.41) is 0.491. The van der Waals surface area contributed by atoms with Gasteiger partial charge in [-0.1, -0.05) is 29.8 Å². The van der Waals surface area contributed by atoms with Gasteiger partial charge in [-0.25, -0.2) is 0 Å².